The number of hydrogen-bond donors (Lipinski definition) is 0. The van der Waals surface area contributed by atoms with Crippen LogP contribution >= 0.6 is 0 Å². The zero-order valence-electron chi connectivity index (χ0n) is 30.6. The highest BCUT2D eigenvalue weighted by Crippen LogP contribution is 2.43. The van der Waals surface area contributed by atoms with Gasteiger partial charge in [-0.2, -0.15) is 0 Å². The molecule has 0 N–H and O–H groups in total. The quantitative estimate of drug-likeness (QED) is 0.302. The van der Waals surface area contributed by atoms with Crippen LogP contribution in [0.25, 0.3) is 0 Å². The van der Waals surface area contributed by atoms with E-state index in [1.165, 1.54) is 32.6 Å². The Morgan fingerprint density at radius 2 is 0.585 bits per heavy atom. The molecular formula is C36H64O2Si3. The Balaban J connectivity index is 3.07. The van der Waals surface area contributed by atoms with Crippen molar-refractivity contribution in [1.29, 1.82) is 0 Å². The summed E-state index contributed by atoms with van der Waals surface area (Å²) in [6.45, 7) is 46.9. The lowest BCUT2D eigenvalue weighted by Crippen LogP contribution is -2.54. The Kier molecular flexibility index (Phi) is 9.63. The molecule has 5 heteroatoms. The summed E-state index contributed by atoms with van der Waals surface area (Å²) in [5.74, 6) is 2.25. The Morgan fingerprint density at radius 1 is 0.390 bits per heavy atom. The number of rotatable bonds is 6. The van der Waals surface area contributed by atoms with Crippen LogP contribution in [0.15, 0.2) is 24.3 Å². The molecule has 0 bridgehead atoms. The zero-order chi connectivity index (χ0) is 32.4. The molecule has 0 spiro atoms. The molecule has 0 fully saturated rings. The summed E-state index contributed by atoms with van der Waals surface area (Å²) in [6.07, 6.45) is 0. The van der Waals surface area contributed by atoms with Crippen molar-refractivity contribution in [1.82, 2.24) is 0 Å². The Bertz CT molecular complexity index is 1080. The highest BCUT2D eigenvalue weighted by Gasteiger charge is 2.38. The summed E-state index contributed by atoms with van der Waals surface area (Å²) in [5.41, 5.74) is 5.25. The van der Waals surface area contributed by atoms with E-state index in [4.69, 9.17) is 8.85 Å². The van der Waals surface area contributed by atoms with Gasteiger partial charge in [0.1, 0.15) is 19.6 Å². The molecule has 0 saturated carbocycles. The average Bonchev–Trinajstić information content (AvgIpc) is 2.67. The summed E-state index contributed by atoms with van der Waals surface area (Å²) < 4.78 is 13.8. The summed E-state index contributed by atoms with van der Waals surface area (Å²) in [7, 11) is -5.80. The smallest absolute Gasteiger partial charge is 0.242 e. The molecule has 232 valence electrons. The largest absolute Gasteiger partial charge is 0.544 e. The van der Waals surface area contributed by atoms with Crippen LogP contribution in [-0.2, 0) is 21.7 Å². The van der Waals surface area contributed by atoms with Crippen molar-refractivity contribution < 1.29 is 8.85 Å². The topological polar surface area (TPSA) is 18.5 Å². The van der Waals surface area contributed by atoms with Gasteiger partial charge in [-0.25, -0.2) is 0 Å². The van der Waals surface area contributed by atoms with Crippen LogP contribution in [0, 0.1) is 0 Å². The maximum atomic E-state index is 6.92. The third kappa shape index (κ3) is 8.86. The van der Waals surface area contributed by atoms with Gasteiger partial charge in [-0.3, -0.25) is 0 Å². The molecule has 0 unspecified atom stereocenters. The monoisotopic (exact) mass is 612 g/mol. The van der Waals surface area contributed by atoms with E-state index in [9.17, 15) is 0 Å². The van der Waals surface area contributed by atoms with Crippen molar-refractivity contribution >= 4 is 35.1 Å². The van der Waals surface area contributed by atoms with Crippen molar-refractivity contribution in [2.75, 3.05) is 0 Å². The SMILES string of the molecule is CC(C)(C)c1cc([Si](C)(C)c2cc(C(C)(C)C)c(O[Si](C)(C)C)c(C(C)(C)C)c2)cc(C(C)(C)C)c1O[Si](C)(C)C. The van der Waals surface area contributed by atoms with Gasteiger partial charge in [0.05, 0.1) is 0 Å². The van der Waals surface area contributed by atoms with Crippen LogP contribution in [0.1, 0.15) is 105 Å². The molecule has 0 saturated heterocycles. The van der Waals surface area contributed by atoms with E-state index in [-0.39, 0.29) is 21.7 Å². The van der Waals surface area contributed by atoms with Crippen LogP contribution in [0.3, 0.4) is 0 Å². The first kappa shape index (κ1) is 35.9. The lowest BCUT2D eigenvalue weighted by molar-refractivity contribution is 0.477. The van der Waals surface area contributed by atoms with Crippen LogP contribution in [0.4, 0.5) is 0 Å². The second-order valence-corrected chi connectivity index (χ2v) is 32.1. The highest BCUT2D eigenvalue weighted by molar-refractivity contribution is 7.00. The van der Waals surface area contributed by atoms with E-state index in [2.05, 4.69) is 160 Å². The molecule has 0 aliphatic heterocycles. The van der Waals surface area contributed by atoms with E-state index in [1.807, 2.05) is 0 Å². The van der Waals surface area contributed by atoms with Crippen molar-refractivity contribution in [3.8, 4) is 11.5 Å². The molecule has 0 amide bonds. The van der Waals surface area contributed by atoms with Crippen LogP contribution in [0.5, 0.6) is 11.5 Å². The van der Waals surface area contributed by atoms with Crippen molar-refractivity contribution in [2.24, 2.45) is 0 Å². The fraction of sp³-hybridized carbons (Fsp3) is 0.667. The van der Waals surface area contributed by atoms with Crippen molar-refractivity contribution in [3.63, 3.8) is 0 Å². The Morgan fingerprint density at radius 3 is 0.732 bits per heavy atom. The fourth-order valence-electron chi connectivity index (χ4n) is 5.21. The van der Waals surface area contributed by atoms with Gasteiger partial charge >= 0.3 is 0 Å². The predicted molar refractivity (Wildman–Crippen MR) is 192 cm³/mol. The van der Waals surface area contributed by atoms with Crippen molar-refractivity contribution in [3.05, 3.63) is 46.5 Å². The molecule has 0 aliphatic rings. The number of benzene rings is 2. The van der Waals surface area contributed by atoms with Crippen LogP contribution < -0.4 is 19.2 Å². The summed E-state index contributed by atoms with van der Waals surface area (Å²) >= 11 is 0. The standard InChI is InChI=1S/C36H64O2Si3/c1-33(2,3)27-21-25(22-28(34(4,5)6)31(27)37-39(13,14)15)41(19,20)26-23-29(35(7,8)9)32(38-40(16,17)18)30(24-26)36(10,11)12/h21-24H,1-20H3. The fourth-order valence-corrected chi connectivity index (χ4v) is 9.23. The molecule has 0 aliphatic carbocycles. The van der Waals surface area contributed by atoms with E-state index in [0.717, 1.165) is 11.5 Å². The van der Waals surface area contributed by atoms with Gasteiger partial charge in [-0.1, -0.05) is 131 Å². The minimum absolute atomic E-state index is 0.0301. The molecule has 2 aromatic rings. The molecule has 0 atom stereocenters. The minimum Gasteiger partial charge on any atom is -0.544 e. The second kappa shape index (κ2) is 11.0. The normalized spacial score (nSPS) is 14.3. The van der Waals surface area contributed by atoms with Gasteiger partial charge in [0.25, 0.3) is 0 Å². The average molecular weight is 613 g/mol. The van der Waals surface area contributed by atoms with E-state index < -0.39 is 24.7 Å². The van der Waals surface area contributed by atoms with Gasteiger partial charge in [-0.15, -0.1) is 0 Å². The molecular weight excluding hydrogens is 549 g/mol. The minimum atomic E-state index is -2.15. The maximum Gasteiger partial charge on any atom is 0.242 e. The lowest BCUT2D eigenvalue weighted by Gasteiger charge is -2.38. The molecule has 0 heterocycles. The van der Waals surface area contributed by atoms with E-state index in [0.29, 0.717) is 0 Å². The third-order valence-corrected chi connectivity index (χ3v) is 12.8. The molecule has 41 heavy (non-hydrogen) atoms. The van der Waals surface area contributed by atoms with Gasteiger partial charge in [0.2, 0.25) is 16.6 Å². The maximum absolute atomic E-state index is 6.92. The first-order chi connectivity index (χ1) is 17.9. The molecule has 0 radical (unpaired) electrons. The first-order valence-electron chi connectivity index (χ1n) is 15.6. The molecule has 2 rings (SSSR count). The summed E-state index contributed by atoms with van der Waals surface area (Å²) in [4.78, 5) is 0. The highest BCUT2D eigenvalue weighted by atomic mass is 28.4. The molecule has 2 nitrogen and oxygen atoms in total. The number of hydrogen-bond acceptors (Lipinski definition) is 2. The van der Waals surface area contributed by atoms with Gasteiger partial charge in [0.15, 0.2) is 0 Å². The lowest BCUT2D eigenvalue weighted by atomic mass is 9.79. The van der Waals surface area contributed by atoms with Crippen LogP contribution in [-0.4, -0.2) is 24.7 Å². The molecule has 0 aromatic heterocycles. The van der Waals surface area contributed by atoms with Crippen LogP contribution in [0.2, 0.25) is 52.4 Å². The van der Waals surface area contributed by atoms with E-state index >= 15 is 0 Å². The first-order valence-corrected chi connectivity index (χ1v) is 25.4. The predicted octanol–water partition coefficient (Wildman–Crippen LogP) is 10.1. The van der Waals surface area contributed by atoms with Gasteiger partial charge in [0, 0.05) is 0 Å². The zero-order valence-corrected chi connectivity index (χ0v) is 33.6. The van der Waals surface area contributed by atoms with Gasteiger partial charge in [-0.05, 0) is 83.2 Å². The van der Waals surface area contributed by atoms with E-state index in [1.54, 1.807) is 0 Å². The van der Waals surface area contributed by atoms with Gasteiger partial charge < -0.3 is 8.85 Å². The van der Waals surface area contributed by atoms with Crippen molar-refractivity contribution in [2.45, 2.75) is 157 Å². The molecule has 2 aromatic carbocycles. The third-order valence-electron chi connectivity index (χ3n) is 7.67. The second-order valence-electron chi connectivity index (χ2n) is 18.9. The summed E-state index contributed by atoms with van der Waals surface area (Å²) in [5, 5.41) is 2.96. The summed E-state index contributed by atoms with van der Waals surface area (Å²) in [6, 6.07) is 10.0. The Hall–Kier alpha value is -1.31. The Labute approximate surface area is 258 Å².